The highest BCUT2D eigenvalue weighted by Crippen LogP contribution is 2.60. The van der Waals surface area contributed by atoms with Crippen LogP contribution in [0.5, 0.6) is 0 Å². The SMILES string of the molecule is [2H]c1c([2H])c([2H])c2c(oc3cccc(-c4cc(C(C)(C)C)cc(-c5cccc6sc7ccccc7c56)c4N4c5ccc(-c6cc(-c7ccccc7)cc(C(C)(C)C)c6)cc5B5c6ccc(-c7cc(-c8ccccc8)cc(C(C)(C)C)c7)cc6N(c6c(-c7cccc8oc9ccccc9c78)cc(C(C)(C)C)cc6-c6cccc7oc8ccccc8c67)c6cc(-n7c8ccc(C(C)(C)C)cc8c8cc(C(C)(C)C)ccc87)cc4c65)c32)c1[2H]. The van der Waals surface area contributed by atoms with Crippen LogP contribution in [0.1, 0.15) is 163 Å². The number of nitrogens with zero attached hydrogens (tertiary/aromatic N) is 3. The van der Waals surface area contributed by atoms with Crippen LogP contribution in [0, 0.1) is 0 Å². The van der Waals surface area contributed by atoms with Crippen molar-refractivity contribution in [2.45, 2.75) is 157 Å². The average Bonchev–Trinajstić information content (AvgIpc) is 1.14. The maximum Gasteiger partial charge on any atom is 0.252 e. The normalized spacial score (nSPS) is 13.6. The fraction of sp³-hybridized carbons (Fsp3) is 0.174. The second kappa shape index (κ2) is 32.9. The number of benzene rings is 19. The maximum atomic E-state index is 10.3. The number of furan rings is 3. The van der Waals surface area contributed by atoms with Crippen molar-refractivity contribution >= 4 is 176 Å². The van der Waals surface area contributed by atoms with E-state index >= 15 is 0 Å². The van der Waals surface area contributed by atoms with Crippen molar-refractivity contribution < 1.29 is 18.7 Å². The fourth-order valence-corrected chi connectivity index (χ4v) is 24.6. The first kappa shape index (κ1) is 85.8. The van der Waals surface area contributed by atoms with Gasteiger partial charge in [0.2, 0.25) is 0 Å². The van der Waals surface area contributed by atoms with Crippen molar-refractivity contribution in [1.29, 1.82) is 0 Å². The third-order valence-corrected chi connectivity index (χ3v) is 32.3. The monoisotopic (exact) mass is 1910 g/mol. The van der Waals surface area contributed by atoms with Gasteiger partial charge in [0, 0.05) is 108 Å². The molecule has 2 aliphatic heterocycles. The van der Waals surface area contributed by atoms with Crippen molar-refractivity contribution in [3.8, 4) is 94.7 Å². The Morgan fingerprint density at radius 3 is 1.11 bits per heavy atom. The third kappa shape index (κ3) is 14.7. The molecule has 0 saturated heterocycles. The highest BCUT2D eigenvalue weighted by molar-refractivity contribution is 7.26. The summed E-state index contributed by atoms with van der Waals surface area (Å²) < 4.78 is 65.5. The van der Waals surface area contributed by atoms with Crippen molar-refractivity contribution in [3.05, 3.63) is 409 Å². The van der Waals surface area contributed by atoms with E-state index in [-0.39, 0.29) is 51.4 Å². The molecule has 5 aromatic heterocycles. The van der Waals surface area contributed by atoms with Gasteiger partial charge in [-0.1, -0.05) is 367 Å². The second-order valence-electron chi connectivity index (χ2n) is 46.8. The molecule has 24 aromatic rings. The summed E-state index contributed by atoms with van der Waals surface area (Å²) in [6, 6.07) is 132. The number of rotatable bonds is 11. The van der Waals surface area contributed by atoms with E-state index in [1.165, 1.54) is 27.0 Å². The molecular formula is C138H116BN3O3S. The minimum atomic E-state index is -0.567. The number of hydrogen-bond donors (Lipinski definition) is 0. The maximum absolute atomic E-state index is 10.3. The number of fused-ring (bicyclic) bond motifs is 19. The smallest absolute Gasteiger partial charge is 0.252 e. The van der Waals surface area contributed by atoms with Gasteiger partial charge in [-0.25, -0.2) is 0 Å². The summed E-state index contributed by atoms with van der Waals surface area (Å²) in [5.74, 6) is 0. The van der Waals surface area contributed by atoms with Gasteiger partial charge in [-0.05, 0) is 282 Å². The molecule has 0 saturated carbocycles. The van der Waals surface area contributed by atoms with Crippen LogP contribution in [0.3, 0.4) is 0 Å². The van der Waals surface area contributed by atoms with Crippen LogP contribution in [0.4, 0.5) is 34.1 Å². The Kier molecular flexibility index (Phi) is 19.3. The molecule has 6 nitrogen and oxygen atoms in total. The van der Waals surface area contributed by atoms with E-state index in [1.54, 1.807) is 0 Å². The van der Waals surface area contributed by atoms with E-state index in [9.17, 15) is 5.48 Å². The molecule has 19 aromatic carbocycles. The molecule has 2 aliphatic rings. The molecular weight excluding hydrogens is 1790 g/mol. The van der Waals surface area contributed by atoms with Gasteiger partial charge in [0.25, 0.3) is 6.71 Å². The lowest BCUT2D eigenvalue weighted by atomic mass is 9.33. The Morgan fingerprint density at radius 1 is 0.240 bits per heavy atom. The summed E-state index contributed by atoms with van der Waals surface area (Å²) >= 11 is 1.81. The minimum Gasteiger partial charge on any atom is -0.456 e. The molecule has 0 unspecified atom stereocenters. The Bertz CT molecular complexity index is 9650. The first-order valence-electron chi connectivity index (χ1n) is 53.4. The Morgan fingerprint density at radius 2 is 0.623 bits per heavy atom. The molecule has 7 heterocycles. The van der Waals surface area contributed by atoms with Gasteiger partial charge < -0.3 is 27.6 Å². The lowest BCUT2D eigenvalue weighted by molar-refractivity contribution is 0.590. The molecule has 0 fully saturated rings. The van der Waals surface area contributed by atoms with Crippen LogP contribution < -0.4 is 26.2 Å². The Balaban J connectivity index is 0.917. The van der Waals surface area contributed by atoms with Gasteiger partial charge in [0.05, 0.1) is 33.6 Å². The Hall–Kier alpha value is -15.7. The Labute approximate surface area is 864 Å². The molecule has 0 atom stereocenters. The number of para-hydroxylation sites is 3. The van der Waals surface area contributed by atoms with Crippen molar-refractivity contribution in [2.24, 2.45) is 0 Å². The summed E-state index contributed by atoms with van der Waals surface area (Å²) in [4.78, 5) is 5.41. The molecule has 0 amide bonds. The van der Waals surface area contributed by atoms with E-state index in [0.717, 1.165) is 237 Å². The van der Waals surface area contributed by atoms with Gasteiger partial charge in [-0.15, -0.1) is 11.3 Å². The van der Waals surface area contributed by atoms with Crippen molar-refractivity contribution in [1.82, 2.24) is 4.57 Å². The highest BCUT2D eigenvalue weighted by atomic mass is 32.1. The number of thiophene rings is 1. The molecule has 26 rings (SSSR count). The van der Waals surface area contributed by atoms with Gasteiger partial charge in [0.1, 0.15) is 33.5 Å². The molecule has 0 spiro atoms. The summed E-state index contributed by atoms with van der Waals surface area (Å²) in [6.07, 6.45) is 0. The molecule has 8 heteroatoms. The van der Waals surface area contributed by atoms with Gasteiger partial charge in [0.15, 0.2) is 0 Å². The van der Waals surface area contributed by atoms with Gasteiger partial charge >= 0.3 is 0 Å². The fourth-order valence-electron chi connectivity index (χ4n) is 23.4. The van der Waals surface area contributed by atoms with E-state index in [0.29, 0.717) is 16.4 Å². The molecule has 710 valence electrons. The average molecular weight is 1910 g/mol. The predicted molar refractivity (Wildman–Crippen MR) is 625 cm³/mol. The molecule has 0 aliphatic carbocycles. The van der Waals surface area contributed by atoms with Crippen LogP contribution >= 0.6 is 11.3 Å². The predicted octanol–water partition coefficient (Wildman–Crippen LogP) is 38.1. The first-order chi connectivity index (χ1) is 71.8. The van der Waals surface area contributed by atoms with Crippen molar-refractivity contribution in [2.75, 3.05) is 9.80 Å². The zero-order valence-corrected chi connectivity index (χ0v) is 86.9. The topological polar surface area (TPSA) is 50.8 Å². The largest absolute Gasteiger partial charge is 0.456 e. The van der Waals surface area contributed by atoms with Crippen LogP contribution in [0.15, 0.2) is 389 Å². The standard InChI is InChI=1S/C138H116BN3O3S/c1-133(2,3)89-59-63-112-104(73-89)105-74-90(134(4,5)6)60-64-113(105)140(112)95-79-116-130-117(80-95)142(132-107(97-46-34-53-122-127(97)101-42-26-30-50-119(101)144-122)76-93(137(13,14)15)77-108(132)98-47-35-54-123-128(98)102-43-27-31-51-120(102)145-123)115-72-84(88-66-86(82-39-23-20-24-40-82)68-92(70-88)136(10,11)12)57-61-110(115)139(130)111-71-83(87-65-85(81-37-21-19-22-38-81)67-91(69-87)135(7,8)9)58-62-114(111)141(116)131-106(96-45-33-52-121-126(96)100-41-25-29-49-118(100)143-121)75-94(138(16,17)18)78-109(131)99-48-36-56-125-129(99)103-44-28-32-55-124(103)146-125/h19-80H,1-18H3/i25D,29D,41D,49D. The molecule has 0 radical (unpaired) electrons. The summed E-state index contributed by atoms with van der Waals surface area (Å²) in [5.41, 5.74) is 36.9. The molecule has 146 heavy (non-hydrogen) atoms. The van der Waals surface area contributed by atoms with E-state index in [4.69, 9.17) is 13.3 Å². The first-order valence-corrected chi connectivity index (χ1v) is 52.2. The van der Waals surface area contributed by atoms with Gasteiger partial charge in [-0.2, -0.15) is 0 Å². The van der Waals surface area contributed by atoms with Crippen LogP contribution in [0.25, 0.3) is 202 Å². The second-order valence-corrected chi connectivity index (χ2v) is 47.9. The van der Waals surface area contributed by atoms with Crippen LogP contribution in [0.2, 0.25) is 0 Å². The van der Waals surface area contributed by atoms with E-state index < -0.39 is 17.5 Å². The quantitative estimate of drug-likeness (QED) is 0.121. The number of aromatic nitrogens is 1. The van der Waals surface area contributed by atoms with Gasteiger partial charge in [-0.3, -0.25) is 0 Å². The molecule has 0 bridgehead atoms. The summed E-state index contributed by atoms with van der Waals surface area (Å²) in [7, 11) is 0. The summed E-state index contributed by atoms with van der Waals surface area (Å²) in [5, 5.41) is 9.47. The zero-order chi connectivity index (χ0) is 103. The number of anilines is 6. The lowest BCUT2D eigenvalue weighted by Crippen LogP contribution is -2.61. The minimum absolute atomic E-state index is 0.0950. The third-order valence-electron chi connectivity index (χ3n) is 31.2. The van der Waals surface area contributed by atoms with E-state index in [2.05, 4.69) is 479 Å². The van der Waals surface area contributed by atoms with Crippen molar-refractivity contribution in [3.63, 3.8) is 0 Å². The zero-order valence-electron chi connectivity index (χ0n) is 90.0. The lowest BCUT2D eigenvalue weighted by Gasteiger charge is -2.46. The van der Waals surface area contributed by atoms with Crippen LogP contribution in [-0.2, 0) is 32.5 Å². The van der Waals surface area contributed by atoms with E-state index in [1.807, 2.05) is 23.5 Å². The molecule has 0 N–H and O–H groups in total. The number of hydrogen-bond acceptors (Lipinski definition) is 6. The highest BCUT2D eigenvalue weighted by Gasteiger charge is 2.48. The summed E-state index contributed by atoms with van der Waals surface area (Å²) in [6.45, 7) is 41.4. The van der Waals surface area contributed by atoms with Crippen LogP contribution in [-0.4, -0.2) is 11.3 Å².